The van der Waals surface area contributed by atoms with Crippen molar-refractivity contribution in [1.29, 1.82) is 0 Å². The monoisotopic (exact) mass is 1180 g/mol. The molecule has 6 aromatic heterocycles. The number of alkyl halides is 8. The summed E-state index contributed by atoms with van der Waals surface area (Å²) in [6.07, 6.45) is -0.959. The summed E-state index contributed by atoms with van der Waals surface area (Å²) in [7, 11) is 2.90. The Labute approximate surface area is 479 Å². The number of aromatic nitrogens is 4. The van der Waals surface area contributed by atoms with Crippen LogP contribution < -0.4 is 16.8 Å². The van der Waals surface area contributed by atoms with Gasteiger partial charge in [0.2, 0.25) is 0 Å². The number of nitrogens with zero attached hydrogens (tertiary/aromatic N) is 5. The number of aromatic carboxylic acids is 1. The number of rotatable bonds is 16. The number of nitrogens with one attached hydrogen (secondary N) is 1. The standard InChI is InChI=1S/C30H26F4N4O4.C25H18F3N3O4.C5H10FNO/c1-41-26-16-38(15-24(26)31)29(40)18-4-8-25(36-14-18)19-10-20-11-22(42-28(20)23(12-19)30(32,33)34)7-6-21(39)5-2-17-3-9-27(35)37-13-17;26-25(27,28)20-11-16(21-7-3-15(13-30-21)24(33)34)9-17-10-19(35-23(17)20)6-5-18(32)4-1-14-2-8-22(29)31-12-14;1-8-5-3-7-2-4(5)6/h2-5,8-14,24,26H,6-7,15-16H2,1H3,(H2,35,37);1-4,7-13H,5-6H2,(H2,29,31)(H,33,34);4-5,7H,2-3H2,1H3/b5-2+;4-1+;/t24-,26-;;4-,5-/m1.1/s1. The molecule has 0 saturated carbocycles. The van der Waals surface area contributed by atoms with Crippen molar-refractivity contribution in [3.8, 4) is 22.5 Å². The van der Waals surface area contributed by atoms with Crippen LogP contribution in [0.15, 0.2) is 131 Å². The highest BCUT2D eigenvalue weighted by Crippen LogP contribution is 2.41. The molecule has 25 heteroatoms. The number of ketones is 2. The summed E-state index contributed by atoms with van der Waals surface area (Å²) >= 11 is 0. The quantitative estimate of drug-likeness (QED) is 0.0518. The largest absolute Gasteiger partial charge is 0.478 e. The van der Waals surface area contributed by atoms with Crippen molar-refractivity contribution in [3.63, 3.8) is 0 Å². The van der Waals surface area contributed by atoms with E-state index >= 15 is 0 Å². The van der Waals surface area contributed by atoms with Crippen LogP contribution in [0.1, 0.15) is 67.3 Å². The molecule has 2 aliphatic rings. The number of furan rings is 2. The molecule has 4 atom stereocenters. The summed E-state index contributed by atoms with van der Waals surface area (Å²) in [6, 6.07) is 19.9. The molecule has 8 aromatic rings. The van der Waals surface area contributed by atoms with Crippen LogP contribution in [0.5, 0.6) is 0 Å². The fraction of sp³-hybridized carbons (Fsp3) is 0.267. The predicted molar refractivity (Wildman–Crippen MR) is 298 cm³/mol. The number of nitrogens with two attached hydrogens (primary N) is 2. The van der Waals surface area contributed by atoms with E-state index in [4.69, 9.17) is 34.9 Å². The first-order chi connectivity index (χ1) is 40.5. The number of hydrogen-bond acceptors (Lipinski definition) is 15. The molecule has 10 rings (SSSR count). The van der Waals surface area contributed by atoms with E-state index in [1.54, 1.807) is 36.4 Å². The Bertz CT molecular complexity index is 3720. The summed E-state index contributed by atoms with van der Waals surface area (Å²) in [5.74, 6) is -0.952. The summed E-state index contributed by atoms with van der Waals surface area (Å²) < 4.78 is 131. The molecule has 0 spiro atoms. The lowest BCUT2D eigenvalue weighted by Crippen LogP contribution is -2.30. The number of methoxy groups -OCH3 is 2. The lowest BCUT2D eigenvalue weighted by atomic mass is 10.0. The fourth-order valence-electron chi connectivity index (χ4n) is 8.99. The van der Waals surface area contributed by atoms with E-state index in [1.165, 1.54) is 98.4 Å². The summed E-state index contributed by atoms with van der Waals surface area (Å²) in [5, 5.41) is 12.3. The second kappa shape index (κ2) is 27.0. The summed E-state index contributed by atoms with van der Waals surface area (Å²) in [4.78, 5) is 65.7. The minimum absolute atomic E-state index is 0.0231. The molecule has 2 saturated heterocycles. The van der Waals surface area contributed by atoms with Crippen molar-refractivity contribution < 1.29 is 77.7 Å². The van der Waals surface area contributed by atoms with Gasteiger partial charge < -0.3 is 45.1 Å². The number of hydrogen-bond donors (Lipinski definition) is 4. The van der Waals surface area contributed by atoms with Gasteiger partial charge >= 0.3 is 18.3 Å². The third kappa shape index (κ3) is 16.1. The molecule has 444 valence electrons. The average molecular weight is 1180 g/mol. The van der Waals surface area contributed by atoms with Gasteiger partial charge in [-0.25, -0.2) is 23.5 Å². The fourth-order valence-corrected chi connectivity index (χ4v) is 8.99. The van der Waals surface area contributed by atoms with Gasteiger partial charge in [0.25, 0.3) is 5.91 Å². The van der Waals surface area contributed by atoms with Gasteiger partial charge in [-0.15, -0.1) is 0 Å². The number of carboxylic acids is 1. The number of fused-ring (bicyclic) bond motifs is 2. The molecule has 0 unspecified atom stereocenters. The first-order valence-corrected chi connectivity index (χ1v) is 26.1. The van der Waals surface area contributed by atoms with Crippen LogP contribution >= 0.6 is 0 Å². The number of halogens is 8. The van der Waals surface area contributed by atoms with Crippen molar-refractivity contribution in [2.75, 3.05) is 51.9 Å². The molecule has 17 nitrogen and oxygen atoms in total. The number of likely N-dealkylation sites (tertiary alicyclic amines) is 1. The number of nitrogen functional groups attached to an aromatic ring is 2. The molecule has 0 bridgehead atoms. The molecule has 1 amide bonds. The zero-order valence-corrected chi connectivity index (χ0v) is 45.3. The smallest absolute Gasteiger partial charge is 0.420 e. The van der Waals surface area contributed by atoms with E-state index in [1.807, 2.05) is 0 Å². The van der Waals surface area contributed by atoms with E-state index < -0.39 is 53.8 Å². The highest BCUT2D eigenvalue weighted by atomic mass is 19.4. The first kappa shape index (κ1) is 61.9. The number of carbonyl (C=O) groups excluding carboxylic acids is 3. The molecule has 8 heterocycles. The second-order valence-corrected chi connectivity index (χ2v) is 19.6. The zero-order valence-electron chi connectivity index (χ0n) is 45.3. The number of carboxylic acid groups (broad SMARTS) is 1. The third-order valence-corrected chi connectivity index (χ3v) is 13.5. The molecule has 6 N–H and O–H groups in total. The van der Waals surface area contributed by atoms with E-state index in [2.05, 4.69) is 25.3 Å². The van der Waals surface area contributed by atoms with E-state index in [9.17, 15) is 54.3 Å². The highest BCUT2D eigenvalue weighted by molar-refractivity contribution is 5.96. The van der Waals surface area contributed by atoms with Crippen LogP contribution in [0.3, 0.4) is 0 Å². The van der Waals surface area contributed by atoms with Crippen LogP contribution in [0.4, 0.5) is 46.8 Å². The van der Waals surface area contributed by atoms with Crippen LogP contribution in [-0.2, 0) is 44.3 Å². The van der Waals surface area contributed by atoms with Gasteiger partial charge in [-0.05, 0) is 120 Å². The SMILES string of the molecule is CO[C@@H]1CN(C(=O)c2ccc(-c3cc(C(F)(F)F)c4oc(CCC(=O)/C=C/c5ccc(N)nc5)cc4c3)nc2)C[C@H]1F.CO[C@@H]1CNC[C@H]1F.Nc1ccc(/C=C/C(=O)CCc2cc3cc(-c4ccc(C(=O)O)cn4)cc(C(F)(F)F)c3o2)cn1. The third-order valence-electron chi connectivity index (χ3n) is 13.5. The summed E-state index contributed by atoms with van der Waals surface area (Å²) in [6.45, 7) is 1.07. The van der Waals surface area contributed by atoms with Crippen molar-refractivity contribution in [3.05, 3.63) is 167 Å². The maximum absolute atomic E-state index is 14.0. The number of aryl methyl sites for hydroxylation is 2. The Morgan fingerprint density at radius 2 is 1.11 bits per heavy atom. The number of carbonyl (C=O) groups is 4. The predicted octanol–water partition coefficient (Wildman–Crippen LogP) is 10.9. The lowest BCUT2D eigenvalue weighted by molar-refractivity contribution is -0.137. The average Bonchev–Trinajstić information content (AvgIpc) is 2.21. The minimum atomic E-state index is -4.72. The first-order valence-electron chi connectivity index (χ1n) is 26.1. The van der Waals surface area contributed by atoms with Crippen molar-refractivity contribution in [2.24, 2.45) is 0 Å². The van der Waals surface area contributed by atoms with Gasteiger partial charge in [-0.2, -0.15) is 26.3 Å². The molecule has 2 fully saturated rings. The topological polar surface area (TPSA) is 252 Å². The molecule has 2 aromatic carbocycles. The molecule has 0 aliphatic carbocycles. The van der Waals surface area contributed by atoms with Crippen LogP contribution in [0, 0.1) is 0 Å². The highest BCUT2D eigenvalue weighted by Gasteiger charge is 2.38. The summed E-state index contributed by atoms with van der Waals surface area (Å²) in [5.41, 5.74) is 10.6. The van der Waals surface area contributed by atoms with Crippen molar-refractivity contribution in [1.82, 2.24) is 30.2 Å². The molecule has 85 heavy (non-hydrogen) atoms. The Hall–Kier alpha value is -9.20. The van der Waals surface area contributed by atoms with Crippen molar-refractivity contribution >= 4 is 69.2 Å². The zero-order chi connectivity index (χ0) is 61.2. The Morgan fingerprint density at radius 3 is 1.47 bits per heavy atom. The van der Waals surface area contributed by atoms with E-state index in [0.717, 1.165) is 18.3 Å². The van der Waals surface area contributed by atoms with E-state index in [-0.39, 0.29) is 124 Å². The second-order valence-electron chi connectivity index (χ2n) is 19.6. The minimum Gasteiger partial charge on any atom is -0.478 e. The van der Waals surface area contributed by atoms with Crippen LogP contribution in [0.2, 0.25) is 0 Å². The Balaban J connectivity index is 0.000000198. The van der Waals surface area contributed by atoms with Gasteiger partial charge in [0.05, 0.1) is 46.7 Å². The maximum Gasteiger partial charge on any atom is 0.420 e. The number of amides is 1. The van der Waals surface area contributed by atoms with Gasteiger partial charge in [-0.1, -0.05) is 0 Å². The number of ether oxygens (including phenoxy) is 2. The molecular formula is C60H54F8N8O9. The maximum atomic E-state index is 14.0. The number of anilines is 2. The number of allylic oxidation sites excluding steroid dienone is 2. The van der Waals surface area contributed by atoms with Gasteiger partial charge in [-0.3, -0.25) is 24.4 Å². The Morgan fingerprint density at radius 1 is 0.624 bits per heavy atom. The normalized spacial score (nSPS) is 17.1. The lowest BCUT2D eigenvalue weighted by Gasteiger charge is -2.15. The van der Waals surface area contributed by atoms with E-state index in [0.29, 0.717) is 35.9 Å². The molecule has 0 radical (unpaired) electrons. The van der Waals surface area contributed by atoms with Crippen molar-refractivity contribution in [2.45, 2.75) is 62.6 Å². The number of pyridine rings is 4. The Kier molecular flexibility index (Phi) is 19.7. The number of benzene rings is 2. The van der Waals surface area contributed by atoms with Crippen LogP contribution in [-0.4, -0.2) is 118 Å². The van der Waals surface area contributed by atoms with Gasteiger partial charge in [0.15, 0.2) is 11.6 Å². The van der Waals surface area contributed by atoms with Gasteiger partial charge in [0.1, 0.15) is 58.9 Å². The van der Waals surface area contributed by atoms with Gasteiger partial charge in [0, 0.05) is 99.7 Å². The molecule has 2 aliphatic heterocycles. The van der Waals surface area contributed by atoms with Crippen LogP contribution in [0.25, 0.3) is 56.6 Å². The molecular weight excluding hydrogens is 1130 g/mol.